The molecule has 0 aliphatic carbocycles. The molecule has 0 unspecified atom stereocenters. The van der Waals surface area contributed by atoms with Gasteiger partial charge >= 0.3 is 0 Å². The molecule has 0 radical (unpaired) electrons. The van der Waals surface area contributed by atoms with Gasteiger partial charge in [0.25, 0.3) is 0 Å². The van der Waals surface area contributed by atoms with Crippen molar-refractivity contribution in [2.75, 3.05) is 18.6 Å². The number of aromatic nitrogens is 4. The lowest BCUT2D eigenvalue weighted by atomic mass is 10.2. The third kappa shape index (κ3) is 2.25. The average molecular weight is 294 g/mol. The summed E-state index contributed by atoms with van der Waals surface area (Å²) in [5.74, 6) is 0.914. The normalized spacial score (nSPS) is 22.4. The molecule has 6 nitrogen and oxygen atoms in total. The van der Waals surface area contributed by atoms with Crippen LogP contribution in [0.3, 0.4) is 0 Å². The van der Waals surface area contributed by atoms with E-state index in [1.165, 1.54) is 0 Å². The van der Waals surface area contributed by atoms with E-state index in [1.54, 1.807) is 25.8 Å². The molecular weight excluding hydrogens is 278 g/mol. The van der Waals surface area contributed by atoms with Gasteiger partial charge in [-0.2, -0.15) is 0 Å². The lowest BCUT2D eigenvalue weighted by Crippen LogP contribution is -2.26. The molecule has 1 saturated heterocycles. The topological polar surface area (TPSA) is 56.1 Å². The van der Waals surface area contributed by atoms with Crippen LogP contribution in [0.5, 0.6) is 0 Å². The smallest absolute Gasteiger partial charge is 0.155 e. The first-order chi connectivity index (χ1) is 9.70. The number of hydrogen-bond donors (Lipinski definition) is 0. The van der Waals surface area contributed by atoms with Crippen molar-refractivity contribution >= 4 is 17.3 Å². The number of methoxy groups -OCH3 is 1. The highest BCUT2D eigenvalue weighted by Gasteiger charge is 2.36. The Morgan fingerprint density at radius 1 is 1.45 bits per heavy atom. The zero-order chi connectivity index (χ0) is 14.1. The molecule has 0 saturated carbocycles. The van der Waals surface area contributed by atoms with Crippen LogP contribution in [0.2, 0.25) is 5.02 Å². The van der Waals surface area contributed by atoms with E-state index >= 15 is 0 Å². The fraction of sp³-hybridized carbons (Fsp3) is 0.462. The number of hydrogen-bond acceptors (Lipinski definition) is 5. The van der Waals surface area contributed by atoms with E-state index in [2.05, 4.69) is 20.1 Å². The van der Waals surface area contributed by atoms with Gasteiger partial charge in [0, 0.05) is 39.5 Å². The molecule has 0 bridgehead atoms. The van der Waals surface area contributed by atoms with Crippen molar-refractivity contribution in [1.82, 2.24) is 19.7 Å². The fourth-order valence-electron chi connectivity index (χ4n) is 2.67. The highest BCUT2D eigenvalue weighted by atomic mass is 35.5. The molecule has 20 heavy (non-hydrogen) atoms. The lowest BCUT2D eigenvalue weighted by molar-refractivity contribution is 0.118. The molecule has 0 spiro atoms. The predicted octanol–water partition coefficient (Wildman–Crippen LogP) is 1.83. The van der Waals surface area contributed by atoms with Gasteiger partial charge in [-0.3, -0.25) is 4.98 Å². The van der Waals surface area contributed by atoms with E-state index in [0.29, 0.717) is 5.02 Å². The van der Waals surface area contributed by atoms with Crippen LogP contribution in [0, 0.1) is 0 Å². The van der Waals surface area contributed by atoms with E-state index in [9.17, 15) is 0 Å². The van der Waals surface area contributed by atoms with Gasteiger partial charge in [0.05, 0.1) is 22.9 Å². The van der Waals surface area contributed by atoms with Crippen LogP contribution < -0.4 is 4.90 Å². The first-order valence-electron chi connectivity index (χ1n) is 6.43. The van der Waals surface area contributed by atoms with Crippen LogP contribution in [0.4, 0.5) is 5.69 Å². The van der Waals surface area contributed by atoms with Gasteiger partial charge in [0.15, 0.2) is 5.82 Å². The minimum Gasteiger partial charge on any atom is -0.380 e. The van der Waals surface area contributed by atoms with Gasteiger partial charge < -0.3 is 14.2 Å². The Bertz CT molecular complexity index is 602. The Labute approximate surface area is 122 Å². The minimum atomic E-state index is 0.104. The van der Waals surface area contributed by atoms with E-state index in [-0.39, 0.29) is 12.1 Å². The molecule has 1 aliphatic heterocycles. The summed E-state index contributed by atoms with van der Waals surface area (Å²) in [5.41, 5.74) is 0.953. The van der Waals surface area contributed by atoms with Crippen LogP contribution in [0.25, 0.3) is 0 Å². The Kier molecular flexibility index (Phi) is 3.58. The number of nitrogens with zero attached hydrogens (tertiary/aromatic N) is 5. The maximum absolute atomic E-state index is 6.27. The summed E-state index contributed by atoms with van der Waals surface area (Å²) in [5, 5.41) is 8.83. The SMILES string of the molecule is CO[C@@H]1C[C@@H](c2nncn2C)N(c2ccncc2Cl)C1. The molecule has 2 atom stereocenters. The molecule has 3 heterocycles. The second kappa shape index (κ2) is 5.38. The van der Waals surface area contributed by atoms with Crippen LogP contribution in [-0.2, 0) is 11.8 Å². The van der Waals surface area contributed by atoms with Gasteiger partial charge in [-0.25, -0.2) is 0 Å². The molecule has 2 aromatic rings. The maximum Gasteiger partial charge on any atom is 0.155 e. The van der Waals surface area contributed by atoms with Crippen LogP contribution in [-0.4, -0.2) is 39.5 Å². The summed E-state index contributed by atoms with van der Waals surface area (Å²) >= 11 is 6.27. The Morgan fingerprint density at radius 2 is 2.30 bits per heavy atom. The molecular formula is C13H16ClN5O. The van der Waals surface area contributed by atoms with E-state index in [0.717, 1.165) is 24.5 Å². The molecule has 2 aromatic heterocycles. The molecule has 106 valence electrons. The molecule has 0 N–H and O–H groups in total. The number of anilines is 1. The third-order valence-electron chi connectivity index (χ3n) is 3.70. The number of pyridine rings is 1. The Balaban J connectivity index is 1.99. The summed E-state index contributed by atoms with van der Waals surface area (Å²) in [4.78, 5) is 6.25. The molecule has 0 amide bonds. The van der Waals surface area contributed by atoms with E-state index in [1.807, 2.05) is 17.7 Å². The first-order valence-corrected chi connectivity index (χ1v) is 6.81. The molecule has 7 heteroatoms. The van der Waals surface area contributed by atoms with Gasteiger partial charge in [0.2, 0.25) is 0 Å². The van der Waals surface area contributed by atoms with Gasteiger partial charge in [0.1, 0.15) is 6.33 Å². The summed E-state index contributed by atoms with van der Waals surface area (Å²) < 4.78 is 7.45. The van der Waals surface area contributed by atoms with Crippen molar-refractivity contribution in [2.45, 2.75) is 18.6 Å². The van der Waals surface area contributed by atoms with Crippen molar-refractivity contribution in [2.24, 2.45) is 7.05 Å². The minimum absolute atomic E-state index is 0.104. The number of halogens is 1. The lowest BCUT2D eigenvalue weighted by Gasteiger charge is -2.26. The molecule has 3 rings (SSSR count). The summed E-state index contributed by atoms with van der Waals surface area (Å²) in [6.07, 6.45) is 6.13. The van der Waals surface area contributed by atoms with Gasteiger partial charge in [-0.05, 0) is 6.07 Å². The maximum atomic E-state index is 6.27. The van der Waals surface area contributed by atoms with Crippen molar-refractivity contribution in [3.8, 4) is 0 Å². The van der Waals surface area contributed by atoms with Gasteiger partial charge in [-0.1, -0.05) is 11.6 Å². The van der Waals surface area contributed by atoms with Crippen molar-refractivity contribution in [3.63, 3.8) is 0 Å². The Morgan fingerprint density at radius 3 is 2.95 bits per heavy atom. The Hall–Kier alpha value is -1.66. The number of rotatable bonds is 3. The second-order valence-electron chi connectivity index (χ2n) is 4.89. The van der Waals surface area contributed by atoms with Crippen molar-refractivity contribution in [3.05, 3.63) is 35.6 Å². The fourth-order valence-corrected chi connectivity index (χ4v) is 2.90. The standard InChI is InChI=1S/C13H16ClN5O/c1-18-8-16-17-13(18)12-5-9(20-2)7-19(12)11-3-4-15-6-10(11)14/h3-4,6,8-9,12H,5,7H2,1-2H3/t9-,12+/m1/s1. The predicted molar refractivity (Wildman–Crippen MR) is 75.8 cm³/mol. The average Bonchev–Trinajstić information content (AvgIpc) is 3.05. The zero-order valence-corrected chi connectivity index (χ0v) is 12.2. The van der Waals surface area contributed by atoms with E-state index in [4.69, 9.17) is 16.3 Å². The van der Waals surface area contributed by atoms with Gasteiger partial charge in [-0.15, -0.1) is 10.2 Å². The monoisotopic (exact) mass is 293 g/mol. The van der Waals surface area contributed by atoms with Crippen molar-refractivity contribution in [1.29, 1.82) is 0 Å². The molecule has 0 aromatic carbocycles. The molecule has 1 fully saturated rings. The van der Waals surface area contributed by atoms with Crippen LogP contribution >= 0.6 is 11.6 Å². The summed E-state index contributed by atoms with van der Waals surface area (Å²) in [6, 6.07) is 2.02. The van der Waals surface area contributed by atoms with E-state index < -0.39 is 0 Å². The summed E-state index contributed by atoms with van der Waals surface area (Å²) in [7, 11) is 3.68. The third-order valence-corrected chi connectivity index (χ3v) is 3.99. The zero-order valence-electron chi connectivity index (χ0n) is 11.4. The highest BCUT2D eigenvalue weighted by Crippen LogP contribution is 2.38. The van der Waals surface area contributed by atoms with Crippen LogP contribution in [0.15, 0.2) is 24.8 Å². The largest absolute Gasteiger partial charge is 0.380 e. The number of aryl methyl sites for hydroxylation is 1. The molecule has 1 aliphatic rings. The van der Waals surface area contributed by atoms with Crippen LogP contribution in [0.1, 0.15) is 18.3 Å². The number of ether oxygens (including phenoxy) is 1. The highest BCUT2D eigenvalue weighted by molar-refractivity contribution is 6.33. The van der Waals surface area contributed by atoms with Crippen molar-refractivity contribution < 1.29 is 4.74 Å². The quantitative estimate of drug-likeness (QED) is 0.864. The second-order valence-corrected chi connectivity index (χ2v) is 5.30. The summed E-state index contributed by atoms with van der Waals surface area (Å²) in [6.45, 7) is 0.776. The first kappa shape index (κ1) is 13.3.